The fourth-order valence-electron chi connectivity index (χ4n) is 2.87. The molecule has 8 nitrogen and oxygen atoms in total. The number of nitro benzene ring substituents is 1. The van der Waals surface area contributed by atoms with E-state index in [1.165, 1.54) is 18.2 Å². The van der Waals surface area contributed by atoms with Gasteiger partial charge in [-0.15, -0.1) is 0 Å². The summed E-state index contributed by atoms with van der Waals surface area (Å²) in [4.78, 5) is 10.7. The molecule has 0 aromatic heterocycles. The Morgan fingerprint density at radius 3 is 2.28 bits per heavy atom. The summed E-state index contributed by atoms with van der Waals surface area (Å²) in [6.07, 6.45) is -0.650. The zero-order chi connectivity index (χ0) is 20.8. The molecule has 2 aromatic rings. The van der Waals surface area contributed by atoms with Crippen LogP contribution < -0.4 is 4.74 Å². The Labute approximate surface area is 165 Å². The molecule has 29 heavy (non-hydrogen) atoms. The van der Waals surface area contributed by atoms with Crippen LogP contribution in [0.15, 0.2) is 36.4 Å². The number of halogens is 2. The molecule has 1 unspecified atom stereocenters. The number of nitro groups is 1. The first-order chi connectivity index (χ1) is 13.8. The van der Waals surface area contributed by atoms with Gasteiger partial charge in [0.25, 0.3) is 0 Å². The SMILES string of the molecule is CC(OP(=O)(N1CC1)N1CC1)c1ccc([N+](=O)[O-])c(Oc2ccc(F)cc2F)c1. The van der Waals surface area contributed by atoms with Crippen LogP contribution in [0.3, 0.4) is 0 Å². The maximum absolute atomic E-state index is 13.9. The zero-order valence-corrected chi connectivity index (χ0v) is 16.4. The van der Waals surface area contributed by atoms with Gasteiger partial charge in [-0.3, -0.25) is 19.2 Å². The molecule has 2 saturated heterocycles. The van der Waals surface area contributed by atoms with Gasteiger partial charge in [-0.05, 0) is 36.8 Å². The Bertz CT molecular complexity index is 997. The Balaban J connectivity index is 1.62. The average molecular weight is 425 g/mol. The molecule has 0 saturated carbocycles. The van der Waals surface area contributed by atoms with Crippen LogP contribution in [0, 0.1) is 21.7 Å². The highest BCUT2D eigenvalue weighted by atomic mass is 31.2. The van der Waals surface area contributed by atoms with Gasteiger partial charge >= 0.3 is 13.4 Å². The summed E-state index contributed by atoms with van der Waals surface area (Å²) in [5.74, 6) is -2.34. The van der Waals surface area contributed by atoms with E-state index in [2.05, 4.69) is 0 Å². The summed E-state index contributed by atoms with van der Waals surface area (Å²) in [5, 5.41) is 11.3. The van der Waals surface area contributed by atoms with Crippen molar-refractivity contribution in [3.05, 3.63) is 63.7 Å². The molecule has 2 heterocycles. The molecular formula is C18H18F2N3O5P. The highest BCUT2D eigenvalue weighted by Gasteiger charge is 2.50. The van der Waals surface area contributed by atoms with Crippen molar-refractivity contribution in [3.8, 4) is 11.5 Å². The van der Waals surface area contributed by atoms with E-state index < -0.39 is 30.3 Å². The molecule has 2 aliphatic heterocycles. The number of rotatable bonds is 8. The molecule has 0 spiro atoms. The van der Waals surface area contributed by atoms with Crippen LogP contribution in [0.4, 0.5) is 14.5 Å². The van der Waals surface area contributed by atoms with Crippen LogP contribution in [0.1, 0.15) is 18.6 Å². The van der Waals surface area contributed by atoms with Crippen molar-refractivity contribution in [1.82, 2.24) is 9.34 Å². The van der Waals surface area contributed by atoms with Crippen LogP contribution in [0.2, 0.25) is 0 Å². The van der Waals surface area contributed by atoms with E-state index in [-0.39, 0.29) is 17.2 Å². The second-order valence-corrected chi connectivity index (χ2v) is 9.13. The molecule has 0 bridgehead atoms. The second-order valence-electron chi connectivity index (χ2n) is 6.81. The van der Waals surface area contributed by atoms with Crippen LogP contribution >= 0.6 is 7.67 Å². The summed E-state index contributed by atoms with van der Waals surface area (Å²) < 4.78 is 55.0. The van der Waals surface area contributed by atoms with Crippen LogP contribution in [-0.2, 0) is 9.09 Å². The molecule has 0 radical (unpaired) electrons. The molecular weight excluding hydrogens is 407 g/mol. The standard InChI is InChI=1S/C18H18F2N3O5P/c1-12(28-29(26,21-6-7-21)22-8-9-22)13-2-4-16(23(24)25)18(10-13)27-17-5-3-14(19)11-15(17)20/h2-5,10-12H,6-9H2,1H3. The van der Waals surface area contributed by atoms with Gasteiger partial charge in [0.1, 0.15) is 5.82 Å². The van der Waals surface area contributed by atoms with Gasteiger partial charge < -0.3 is 4.74 Å². The first-order valence-corrected chi connectivity index (χ1v) is 10.5. The largest absolute Gasteiger partial charge is 0.447 e. The van der Waals surface area contributed by atoms with Gasteiger partial charge in [-0.25, -0.2) is 18.1 Å². The summed E-state index contributed by atoms with van der Waals surface area (Å²) in [6, 6.07) is 6.71. The lowest BCUT2D eigenvalue weighted by molar-refractivity contribution is -0.385. The van der Waals surface area contributed by atoms with E-state index in [1.807, 2.05) is 0 Å². The minimum Gasteiger partial charge on any atom is -0.447 e. The van der Waals surface area contributed by atoms with Gasteiger partial charge in [0.2, 0.25) is 5.75 Å². The molecule has 154 valence electrons. The first-order valence-electron chi connectivity index (χ1n) is 8.98. The lowest BCUT2D eigenvalue weighted by Crippen LogP contribution is -2.10. The third-order valence-electron chi connectivity index (χ3n) is 4.62. The number of benzene rings is 2. The van der Waals surface area contributed by atoms with Crippen molar-refractivity contribution >= 4 is 13.4 Å². The minimum absolute atomic E-state index is 0.221. The van der Waals surface area contributed by atoms with Crippen LogP contribution in [0.5, 0.6) is 11.5 Å². The van der Waals surface area contributed by atoms with E-state index in [1.54, 1.807) is 16.3 Å². The predicted molar refractivity (Wildman–Crippen MR) is 99.8 cm³/mol. The normalized spacial score (nSPS) is 17.8. The van der Waals surface area contributed by atoms with E-state index >= 15 is 0 Å². The quantitative estimate of drug-likeness (QED) is 0.267. The fourth-order valence-corrected chi connectivity index (χ4v) is 5.21. The molecule has 0 N–H and O–H groups in total. The maximum atomic E-state index is 13.9. The van der Waals surface area contributed by atoms with Crippen molar-refractivity contribution in [2.24, 2.45) is 0 Å². The van der Waals surface area contributed by atoms with Crippen molar-refractivity contribution in [2.75, 3.05) is 26.2 Å². The second kappa shape index (κ2) is 7.46. The van der Waals surface area contributed by atoms with Crippen molar-refractivity contribution < 1.29 is 27.5 Å². The van der Waals surface area contributed by atoms with Crippen LogP contribution in [0.25, 0.3) is 0 Å². The van der Waals surface area contributed by atoms with Crippen molar-refractivity contribution in [3.63, 3.8) is 0 Å². The summed E-state index contributed by atoms with van der Waals surface area (Å²) in [5.41, 5.74) is 0.0989. The number of hydrogen-bond donors (Lipinski definition) is 0. The van der Waals surface area contributed by atoms with Gasteiger partial charge in [-0.1, -0.05) is 0 Å². The highest BCUT2D eigenvalue weighted by Crippen LogP contribution is 2.63. The van der Waals surface area contributed by atoms with Gasteiger partial charge in [0, 0.05) is 38.3 Å². The predicted octanol–water partition coefficient (Wildman–Crippen LogP) is 4.48. The van der Waals surface area contributed by atoms with E-state index in [0.717, 1.165) is 12.1 Å². The molecule has 0 aliphatic carbocycles. The van der Waals surface area contributed by atoms with Gasteiger partial charge in [0.15, 0.2) is 11.6 Å². The summed E-state index contributed by atoms with van der Waals surface area (Å²) >= 11 is 0. The number of nitrogens with zero attached hydrogens (tertiary/aromatic N) is 3. The highest BCUT2D eigenvalue weighted by molar-refractivity contribution is 7.54. The van der Waals surface area contributed by atoms with E-state index in [9.17, 15) is 23.5 Å². The molecule has 1 atom stereocenters. The third-order valence-corrected chi connectivity index (χ3v) is 7.44. The van der Waals surface area contributed by atoms with Crippen LogP contribution in [-0.4, -0.2) is 40.4 Å². The third kappa shape index (κ3) is 4.16. The number of hydrogen-bond acceptors (Lipinski definition) is 5. The number of ether oxygens (including phenoxy) is 1. The summed E-state index contributed by atoms with van der Waals surface area (Å²) in [6.45, 7) is 4.46. The molecule has 11 heteroatoms. The Hall–Kier alpha value is -2.39. The molecule has 0 amide bonds. The summed E-state index contributed by atoms with van der Waals surface area (Å²) in [7, 11) is -3.10. The Morgan fingerprint density at radius 2 is 1.72 bits per heavy atom. The average Bonchev–Trinajstić information content (AvgIpc) is 3.56. The monoisotopic (exact) mass is 425 g/mol. The zero-order valence-electron chi connectivity index (χ0n) is 15.5. The fraction of sp³-hybridized carbons (Fsp3) is 0.333. The lowest BCUT2D eigenvalue weighted by Gasteiger charge is -2.24. The molecule has 4 rings (SSSR count). The van der Waals surface area contributed by atoms with Gasteiger partial charge in [0.05, 0.1) is 11.0 Å². The smallest absolute Gasteiger partial charge is 0.346 e. The maximum Gasteiger partial charge on any atom is 0.346 e. The minimum atomic E-state index is -3.10. The Kier molecular flexibility index (Phi) is 5.12. The van der Waals surface area contributed by atoms with Crippen molar-refractivity contribution in [1.29, 1.82) is 0 Å². The van der Waals surface area contributed by atoms with Crippen molar-refractivity contribution in [2.45, 2.75) is 13.0 Å². The molecule has 2 fully saturated rings. The topological polar surface area (TPSA) is 84.7 Å². The first kappa shape index (κ1) is 19.9. The van der Waals surface area contributed by atoms with E-state index in [4.69, 9.17) is 9.26 Å². The Morgan fingerprint density at radius 1 is 1.07 bits per heavy atom. The van der Waals surface area contributed by atoms with Gasteiger partial charge in [-0.2, -0.15) is 0 Å². The van der Waals surface area contributed by atoms with E-state index in [0.29, 0.717) is 37.8 Å². The molecule has 2 aromatic carbocycles. The molecule has 2 aliphatic rings. The lowest BCUT2D eigenvalue weighted by atomic mass is 10.1.